The zero-order valence-corrected chi connectivity index (χ0v) is 16.2. The first-order valence-electron chi connectivity index (χ1n) is 9.35. The van der Waals surface area contributed by atoms with E-state index in [1.165, 1.54) is 11.1 Å². The Balaban J connectivity index is 1.45. The quantitative estimate of drug-likeness (QED) is 0.708. The van der Waals surface area contributed by atoms with Gasteiger partial charge in [0, 0.05) is 25.7 Å². The average Bonchev–Trinajstić information content (AvgIpc) is 2.77. The second-order valence-electron chi connectivity index (χ2n) is 6.74. The van der Waals surface area contributed by atoms with Crippen molar-refractivity contribution in [2.75, 3.05) is 31.0 Å². The summed E-state index contributed by atoms with van der Waals surface area (Å²) in [5.41, 5.74) is 3.89. The van der Waals surface area contributed by atoms with Crippen LogP contribution in [0.15, 0.2) is 54.9 Å². The van der Waals surface area contributed by atoms with E-state index in [0.717, 1.165) is 48.2 Å². The first-order chi connectivity index (χ1) is 13.8. The maximum absolute atomic E-state index is 5.37. The summed E-state index contributed by atoms with van der Waals surface area (Å²) in [4.78, 5) is 11.1. The predicted molar refractivity (Wildman–Crippen MR) is 110 cm³/mol. The maximum atomic E-state index is 5.37. The van der Waals surface area contributed by atoms with E-state index in [4.69, 9.17) is 9.47 Å². The molecule has 0 saturated carbocycles. The minimum Gasteiger partial charge on any atom is -0.493 e. The normalized spacial score (nSPS) is 13.0. The van der Waals surface area contributed by atoms with Crippen molar-refractivity contribution in [1.29, 1.82) is 0 Å². The largest absolute Gasteiger partial charge is 0.493 e. The molecule has 0 fully saturated rings. The third kappa shape index (κ3) is 3.86. The summed E-state index contributed by atoms with van der Waals surface area (Å²) in [5, 5.41) is 3.37. The van der Waals surface area contributed by atoms with Crippen molar-refractivity contribution >= 4 is 11.6 Å². The number of methoxy groups -OCH3 is 2. The van der Waals surface area contributed by atoms with Gasteiger partial charge in [0.25, 0.3) is 0 Å². The number of ether oxygens (including phenoxy) is 2. The number of nitrogens with one attached hydrogen (secondary N) is 1. The summed E-state index contributed by atoms with van der Waals surface area (Å²) in [7, 11) is 3.28. The Morgan fingerprint density at radius 1 is 0.964 bits per heavy atom. The molecule has 4 rings (SSSR count). The Bertz CT molecular complexity index is 961. The lowest BCUT2D eigenvalue weighted by Crippen LogP contribution is -2.31. The number of anilines is 2. The maximum Gasteiger partial charge on any atom is 0.161 e. The van der Waals surface area contributed by atoms with E-state index >= 15 is 0 Å². The standard InChI is InChI=1S/C22H24N4O2/c1-27-19-8-7-16(11-20(19)28-2)13-23-21-12-22(25-15-24-21)26-10-9-17-5-3-4-6-18(17)14-26/h3-8,11-12,15H,9-10,13-14H2,1-2H3,(H,23,24,25). The van der Waals surface area contributed by atoms with Gasteiger partial charge in [-0.1, -0.05) is 30.3 Å². The minimum atomic E-state index is 0.639. The fraction of sp³-hybridized carbons (Fsp3) is 0.273. The highest BCUT2D eigenvalue weighted by Crippen LogP contribution is 2.28. The molecule has 1 aromatic heterocycles. The summed E-state index contributed by atoms with van der Waals surface area (Å²) in [6.45, 7) is 2.48. The lowest BCUT2D eigenvalue weighted by Gasteiger charge is -2.29. The van der Waals surface area contributed by atoms with Crippen molar-refractivity contribution in [2.45, 2.75) is 19.5 Å². The SMILES string of the molecule is COc1ccc(CNc2cc(N3CCc4ccccc4C3)ncn2)cc1OC. The van der Waals surface area contributed by atoms with Crippen LogP contribution in [0.3, 0.4) is 0 Å². The highest BCUT2D eigenvalue weighted by molar-refractivity contribution is 5.51. The van der Waals surface area contributed by atoms with Crippen molar-refractivity contribution in [3.63, 3.8) is 0 Å². The van der Waals surface area contributed by atoms with Gasteiger partial charge in [0.05, 0.1) is 14.2 Å². The Kier molecular flexibility index (Phi) is 5.28. The molecule has 0 amide bonds. The molecule has 1 aliphatic heterocycles. The van der Waals surface area contributed by atoms with Crippen LogP contribution in [-0.2, 0) is 19.5 Å². The molecule has 0 spiro atoms. The van der Waals surface area contributed by atoms with Crippen molar-refractivity contribution < 1.29 is 9.47 Å². The molecule has 0 radical (unpaired) electrons. The third-order valence-electron chi connectivity index (χ3n) is 5.03. The molecule has 6 heteroatoms. The van der Waals surface area contributed by atoms with Crippen LogP contribution in [0.1, 0.15) is 16.7 Å². The van der Waals surface area contributed by atoms with Crippen molar-refractivity contribution in [2.24, 2.45) is 0 Å². The molecule has 28 heavy (non-hydrogen) atoms. The Morgan fingerprint density at radius 2 is 1.79 bits per heavy atom. The van der Waals surface area contributed by atoms with Gasteiger partial charge >= 0.3 is 0 Å². The lowest BCUT2D eigenvalue weighted by atomic mass is 10.00. The molecular weight excluding hydrogens is 352 g/mol. The summed E-state index contributed by atoms with van der Waals surface area (Å²) in [5.74, 6) is 3.19. The monoisotopic (exact) mass is 376 g/mol. The topological polar surface area (TPSA) is 59.5 Å². The zero-order chi connectivity index (χ0) is 19.3. The number of benzene rings is 2. The highest BCUT2D eigenvalue weighted by atomic mass is 16.5. The second-order valence-corrected chi connectivity index (χ2v) is 6.74. The lowest BCUT2D eigenvalue weighted by molar-refractivity contribution is 0.354. The molecule has 0 atom stereocenters. The van der Waals surface area contributed by atoms with Crippen molar-refractivity contribution in [3.05, 3.63) is 71.5 Å². The van der Waals surface area contributed by atoms with E-state index < -0.39 is 0 Å². The van der Waals surface area contributed by atoms with E-state index in [9.17, 15) is 0 Å². The Hall–Kier alpha value is -3.28. The van der Waals surface area contributed by atoms with Crippen LogP contribution in [0.4, 0.5) is 11.6 Å². The van der Waals surface area contributed by atoms with Gasteiger partial charge < -0.3 is 19.7 Å². The van der Waals surface area contributed by atoms with Crippen LogP contribution >= 0.6 is 0 Å². The molecule has 144 valence electrons. The molecule has 1 aliphatic rings. The molecular formula is C22H24N4O2. The molecule has 0 aliphatic carbocycles. The van der Waals surface area contributed by atoms with Crippen LogP contribution < -0.4 is 19.7 Å². The molecule has 2 heterocycles. The van der Waals surface area contributed by atoms with Gasteiger partial charge in [-0.3, -0.25) is 0 Å². The number of fused-ring (bicyclic) bond motifs is 1. The molecule has 1 N–H and O–H groups in total. The first-order valence-corrected chi connectivity index (χ1v) is 9.35. The Labute approximate surface area is 165 Å². The van der Waals surface area contributed by atoms with Crippen LogP contribution in [0.5, 0.6) is 11.5 Å². The van der Waals surface area contributed by atoms with Crippen molar-refractivity contribution in [1.82, 2.24) is 9.97 Å². The summed E-state index contributed by atoms with van der Waals surface area (Å²) < 4.78 is 10.7. The fourth-order valence-corrected chi connectivity index (χ4v) is 3.49. The van der Waals surface area contributed by atoms with Crippen LogP contribution in [0.2, 0.25) is 0 Å². The average molecular weight is 376 g/mol. The van der Waals surface area contributed by atoms with Gasteiger partial charge in [-0.15, -0.1) is 0 Å². The van der Waals surface area contributed by atoms with Crippen molar-refractivity contribution in [3.8, 4) is 11.5 Å². The van der Waals surface area contributed by atoms with Gasteiger partial charge in [0.1, 0.15) is 18.0 Å². The van der Waals surface area contributed by atoms with E-state index in [1.807, 2.05) is 24.3 Å². The van der Waals surface area contributed by atoms with E-state index in [0.29, 0.717) is 6.54 Å². The summed E-state index contributed by atoms with van der Waals surface area (Å²) in [6, 6.07) is 16.5. The smallest absolute Gasteiger partial charge is 0.161 e. The number of hydrogen-bond acceptors (Lipinski definition) is 6. The first kappa shape index (κ1) is 18.1. The van der Waals surface area contributed by atoms with Gasteiger partial charge in [-0.2, -0.15) is 0 Å². The van der Waals surface area contributed by atoms with Gasteiger partial charge in [-0.25, -0.2) is 9.97 Å². The van der Waals surface area contributed by atoms with Gasteiger partial charge in [-0.05, 0) is 35.2 Å². The van der Waals surface area contributed by atoms with Gasteiger partial charge in [0.15, 0.2) is 11.5 Å². The fourth-order valence-electron chi connectivity index (χ4n) is 3.49. The van der Waals surface area contributed by atoms with E-state index in [1.54, 1.807) is 20.5 Å². The number of hydrogen-bond donors (Lipinski definition) is 1. The number of nitrogens with zero attached hydrogens (tertiary/aromatic N) is 3. The summed E-state index contributed by atoms with van der Waals surface area (Å²) >= 11 is 0. The molecule has 0 bridgehead atoms. The highest BCUT2D eigenvalue weighted by Gasteiger charge is 2.17. The minimum absolute atomic E-state index is 0.639. The molecule has 2 aromatic carbocycles. The molecule has 6 nitrogen and oxygen atoms in total. The van der Waals surface area contributed by atoms with Gasteiger partial charge in [0.2, 0.25) is 0 Å². The number of rotatable bonds is 6. The number of aromatic nitrogens is 2. The molecule has 3 aromatic rings. The Morgan fingerprint density at radius 3 is 2.61 bits per heavy atom. The van der Waals surface area contributed by atoms with E-state index in [2.05, 4.69) is 44.5 Å². The zero-order valence-electron chi connectivity index (χ0n) is 16.2. The van der Waals surface area contributed by atoms with Crippen LogP contribution in [-0.4, -0.2) is 30.7 Å². The molecule has 0 unspecified atom stereocenters. The third-order valence-corrected chi connectivity index (χ3v) is 5.03. The van der Waals surface area contributed by atoms with E-state index in [-0.39, 0.29) is 0 Å². The summed E-state index contributed by atoms with van der Waals surface area (Å²) in [6.07, 6.45) is 2.65. The van der Waals surface area contributed by atoms with Crippen LogP contribution in [0.25, 0.3) is 0 Å². The predicted octanol–water partition coefficient (Wildman–Crippen LogP) is 3.67. The molecule has 0 saturated heterocycles. The second kappa shape index (κ2) is 8.17. The van der Waals surface area contributed by atoms with Crippen LogP contribution in [0, 0.1) is 0 Å².